The lowest BCUT2D eigenvalue weighted by molar-refractivity contribution is -0.170. The van der Waals surface area contributed by atoms with Crippen molar-refractivity contribution in [2.24, 2.45) is 0 Å². The minimum atomic E-state index is -0.993. The maximum absolute atomic E-state index is 12.8. The molecule has 2 heterocycles. The summed E-state index contributed by atoms with van der Waals surface area (Å²) >= 11 is 0. The molecule has 2 amide bonds. The van der Waals surface area contributed by atoms with E-state index < -0.39 is 5.60 Å². The van der Waals surface area contributed by atoms with E-state index in [1.807, 2.05) is 24.7 Å². The van der Waals surface area contributed by atoms with Crippen LogP contribution in [0.4, 0.5) is 0 Å². The number of ether oxygens (including phenoxy) is 1. The highest BCUT2D eigenvalue weighted by molar-refractivity contribution is 5.86. The van der Waals surface area contributed by atoms with E-state index in [1.165, 1.54) is 6.92 Å². The fourth-order valence-corrected chi connectivity index (χ4v) is 2.88. The maximum Gasteiger partial charge on any atom is 0.256 e. The van der Waals surface area contributed by atoms with Crippen molar-refractivity contribution < 1.29 is 14.3 Å². The molecule has 0 radical (unpaired) electrons. The second-order valence-corrected chi connectivity index (χ2v) is 6.28. The third-order valence-corrected chi connectivity index (χ3v) is 4.30. The van der Waals surface area contributed by atoms with Gasteiger partial charge in [-0.05, 0) is 20.8 Å². The van der Waals surface area contributed by atoms with Gasteiger partial charge in [0.1, 0.15) is 0 Å². The van der Waals surface area contributed by atoms with E-state index in [0.717, 1.165) is 17.8 Å². The molecule has 1 fully saturated rings. The predicted molar refractivity (Wildman–Crippen MR) is 85.7 cm³/mol. The molecule has 23 heavy (non-hydrogen) atoms. The number of rotatable bonds is 4. The molecular formula is C16H26N4O3. The van der Waals surface area contributed by atoms with Gasteiger partial charge in [-0.15, -0.1) is 0 Å². The zero-order valence-corrected chi connectivity index (χ0v) is 14.6. The van der Waals surface area contributed by atoms with Gasteiger partial charge >= 0.3 is 0 Å². The molecule has 1 unspecified atom stereocenters. The van der Waals surface area contributed by atoms with Crippen LogP contribution in [0.25, 0.3) is 0 Å². The number of aryl methyl sites for hydroxylation is 2. The van der Waals surface area contributed by atoms with Gasteiger partial charge in [0, 0.05) is 45.4 Å². The number of amides is 2. The van der Waals surface area contributed by atoms with E-state index in [0.29, 0.717) is 26.2 Å². The lowest BCUT2D eigenvalue weighted by Crippen LogP contribution is -2.59. The smallest absolute Gasteiger partial charge is 0.256 e. The van der Waals surface area contributed by atoms with Gasteiger partial charge in [-0.3, -0.25) is 14.3 Å². The second kappa shape index (κ2) is 6.70. The topological polar surface area (TPSA) is 67.7 Å². The van der Waals surface area contributed by atoms with Crippen molar-refractivity contribution in [1.82, 2.24) is 19.6 Å². The Morgan fingerprint density at radius 3 is 2.74 bits per heavy atom. The summed E-state index contributed by atoms with van der Waals surface area (Å²) < 4.78 is 7.58. The molecule has 0 aromatic carbocycles. The molecule has 7 heteroatoms. The van der Waals surface area contributed by atoms with Crippen molar-refractivity contribution in [3.63, 3.8) is 0 Å². The molecule has 1 aromatic heterocycles. The molecule has 0 N–H and O–H groups in total. The van der Waals surface area contributed by atoms with Crippen LogP contribution in [0.15, 0.2) is 6.20 Å². The summed E-state index contributed by atoms with van der Waals surface area (Å²) in [6.07, 6.45) is 1.96. The molecule has 1 aromatic rings. The quantitative estimate of drug-likeness (QED) is 0.822. The Kier molecular flexibility index (Phi) is 5.09. The van der Waals surface area contributed by atoms with Crippen molar-refractivity contribution in [1.29, 1.82) is 0 Å². The molecule has 0 bridgehead atoms. The second-order valence-electron chi connectivity index (χ2n) is 6.28. The van der Waals surface area contributed by atoms with Crippen molar-refractivity contribution >= 4 is 11.8 Å². The van der Waals surface area contributed by atoms with Crippen LogP contribution in [0.5, 0.6) is 0 Å². The van der Waals surface area contributed by atoms with E-state index >= 15 is 0 Å². The normalized spacial score (nSPS) is 21.3. The van der Waals surface area contributed by atoms with E-state index in [9.17, 15) is 9.59 Å². The van der Waals surface area contributed by atoms with Gasteiger partial charge in [0.15, 0.2) is 5.60 Å². The van der Waals surface area contributed by atoms with Gasteiger partial charge in [-0.2, -0.15) is 5.10 Å². The van der Waals surface area contributed by atoms with E-state index in [-0.39, 0.29) is 11.8 Å². The standard InChI is InChI=1S/C16H26N4O3/c1-6-20-10-14(12(2)17-20)9-18(5)15(22)16(4)11-19(13(3)21)7-8-23-16/h10H,6-9,11H2,1-5H3. The molecule has 2 rings (SSSR count). The number of carbonyl (C=O) groups is 2. The molecule has 1 saturated heterocycles. The molecule has 128 valence electrons. The lowest BCUT2D eigenvalue weighted by Gasteiger charge is -2.40. The number of hydrogen-bond acceptors (Lipinski definition) is 4. The Labute approximate surface area is 137 Å². The van der Waals surface area contributed by atoms with Crippen LogP contribution in [-0.4, -0.2) is 63.7 Å². The first-order chi connectivity index (χ1) is 10.8. The third kappa shape index (κ3) is 3.72. The molecule has 1 atom stereocenters. The monoisotopic (exact) mass is 322 g/mol. The average molecular weight is 322 g/mol. The zero-order valence-electron chi connectivity index (χ0n) is 14.6. The van der Waals surface area contributed by atoms with Gasteiger partial charge < -0.3 is 14.5 Å². The Balaban J connectivity index is 2.08. The van der Waals surface area contributed by atoms with Gasteiger partial charge in [0.25, 0.3) is 5.91 Å². The zero-order chi connectivity index (χ0) is 17.2. The summed E-state index contributed by atoms with van der Waals surface area (Å²) in [6, 6.07) is 0. The number of nitrogens with zero attached hydrogens (tertiary/aromatic N) is 4. The van der Waals surface area contributed by atoms with Gasteiger partial charge in [0.05, 0.1) is 18.8 Å². The first kappa shape index (κ1) is 17.5. The van der Waals surface area contributed by atoms with Gasteiger partial charge in [-0.25, -0.2) is 0 Å². The molecule has 7 nitrogen and oxygen atoms in total. The van der Waals surface area contributed by atoms with E-state index in [1.54, 1.807) is 23.8 Å². The van der Waals surface area contributed by atoms with Gasteiger partial charge in [0.2, 0.25) is 5.91 Å². The Morgan fingerprint density at radius 2 is 2.17 bits per heavy atom. The van der Waals surface area contributed by atoms with Crippen molar-refractivity contribution in [3.05, 3.63) is 17.5 Å². The Bertz CT molecular complexity index is 598. The minimum Gasteiger partial charge on any atom is -0.362 e. The fraction of sp³-hybridized carbons (Fsp3) is 0.688. The number of hydrogen-bond donors (Lipinski definition) is 0. The summed E-state index contributed by atoms with van der Waals surface area (Å²) in [5.41, 5.74) is 0.949. The molecule has 1 aliphatic heterocycles. The van der Waals surface area contributed by atoms with Crippen molar-refractivity contribution in [2.45, 2.75) is 46.4 Å². The van der Waals surface area contributed by atoms with Crippen LogP contribution in [0, 0.1) is 6.92 Å². The highest BCUT2D eigenvalue weighted by Gasteiger charge is 2.41. The number of likely N-dealkylation sites (N-methyl/N-ethyl adjacent to an activating group) is 1. The summed E-state index contributed by atoms with van der Waals surface area (Å²) in [7, 11) is 1.76. The molecule has 0 aliphatic carbocycles. The third-order valence-electron chi connectivity index (χ3n) is 4.30. The number of morpholine rings is 1. The van der Waals surface area contributed by atoms with Gasteiger partial charge in [-0.1, -0.05) is 0 Å². The summed E-state index contributed by atoms with van der Waals surface area (Å²) in [6.45, 7) is 9.71. The maximum atomic E-state index is 12.8. The highest BCUT2D eigenvalue weighted by Crippen LogP contribution is 2.21. The minimum absolute atomic E-state index is 0.0324. The largest absolute Gasteiger partial charge is 0.362 e. The predicted octanol–water partition coefficient (Wildman–Crippen LogP) is 0.807. The Hall–Kier alpha value is -1.89. The molecule has 0 saturated carbocycles. The molecule has 0 spiro atoms. The molecule has 1 aliphatic rings. The van der Waals surface area contributed by atoms with Crippen LogP contribution in [0.1, 0.15) is 32.0 Å². The number of aromatic nitrogens is 2. The van der Waals surface area contributed by atoms with Crippen LogP contribution < -0.4 is 0 Å². The first-order valence-electron chi connectivity index (χ1n) is 7.95. The van der Waals surface area contributed by atoms with E-state index in [2.05, 4.69) is 5.10 Å². The van der Waals surface area contributed by atoms with E-state index in [4.69, 9.17) is 4.74 Å². The van der Waals surface area contributed by atoms with Crippen molar-refractivity contribution in [2.75, 3.05) is 26.7 Å². The van der Waals surface area contributed by atoms with Crippen LogP contribution >= 0.6 is 0 Å². The van der Waals surface area contributed by atoms with Crippen molar-refractivity contribution in [3.8, 4) is 0 Å². The SMILES string of the molecule is CCn1cc(CN(C)C(=O)C2(C)CN(C(C)=O)CCO2)c(C)n1. The highest BCUT2D eigenvalue weighted by atomic mass is 16.5. The summed E-state index contributed by atoms with van der Waals surface area (Å²) in [5.74, 6) is -0.151. The van der Waals surface area contributed by atoms with Crippen LogP contribution in [0.2, 0.25) is 0 Å². The Morgan fingerprint density at radius 1 is 1.48 bits per heavy atom. The first-order valence-corrected chi connectivity index (χ1v) is 7.95. The molecular weight excluding hydrogens is 296 g/mol. The lowest BCUT2D eigenvalue weighted by atomic mass is 10.0. The van der Waals surface area contributed by atoms with Crippen LogP contribution in [0.3, 0.4) is 0 Å². The number of carbonyl (C=O) groups excluding carboxylic acids is 2. The fourth-order valence-electron chi connectivity index (χ4n) is 2.88. The van der Waals surface area contributed by atoms with Crippen LogP contribution in [-0.2, 0) is 27.4 Å². The summed E-state index contributed by atoms with van der Waals surface area (Å²) in [4.78, 5) is 27.7. The average Bonchev–Trinajstić information content (AvgIpc) is 2.86. The summed E-state index contributed by atoms with van der Waals surface area (Å²) in [5, 5.41) is 4.40.